The molecule has 2 atom stereocenters. The number of rotatable bonds is 7. The highest BCUT2D eigenvalue weighted by Gasteiger charge is 2.32. The minimum Gasteiger partial charge on any atom is -0.361 e. The number of piperazine rings is 1. The SMILES string of the molecule is CC(N)CO[C@@H](CC=O)N1CCN(c2ncc(C(F)(F)F)cn2)CC1. The molecule has 0 amide bonds. The largest absolute Gasteiger partial charge is 0.419 e. The molecular weight excluding hydrogens is 339 g/mol. The number of nitrogens with zero attached hydrogens (tertiary/aromatic N) is 4. The topological polar surface area (TPSA) is 84.6 Å². The number of aromatic nitrogens is 2. The molecule has 25 heavy (non-hydrogen) atoms. The first-order valence-corrected chi connectivity index (χ1v) is 8.00. The first kappa shape index (κ1) is 19.5. The van der Waals surface area contributed by atoms with Crippen LogP contribution in [0.4, 0.5) is 19.1 Å². The second kappa shape index (κ2) is 8.54. The number of hydrogen-bond acceptors (Lipinski definition) is 7. The van der Waals surface area contributed by atoms with Crippen LogP contribution < -0.4 is 10.6 Å². The van der Waals surface area contributed by atoms with Crippen molar-refractivity contribution in [3.8, 4) is 0 Å². The summed E-state index contributed by atoms with van der Waals surface area (Å²) in [5.74, 6) is 0.260. The van der Waals surface area contributed by atoms with Gasteiger partial charge in [-0.05, 0) is 6.92 Å². The monoisotopic (exact) mass is 361 g/mol. The maximum absolute atomic E-state index is 12.6. The van der Waals surface area contributed by atoms with E-state index in [0.29, 0.717) is 32.8 Å². The van der Waals surface area contributed by atoms with Gasteiger partial charge in [0.25, 0.3) is 0 Å². The van der Waals surface area contributed by atoms with Gasteiger partial charge in [0.1, 0.15) is 12.5 Å². The molecule has 1 aliphatic heterocycles. The van der Waals surface area contributed by atoms with Gasteiger partial charge in [0.05, 0.1) is 12.2 Å². The van der Waals surface area contributed by atoms with E-state index in [4.69, 9.17) is 10.5 Å². The van der Waals surface area contributed by atoms with E-state index in [9.17, 15) is 18.0 Å². The van der Waals surface area contributed by atoms with Crippen LogP contribution in [0, 0.1) is 0 Å². The predicted octanol–water partition coefficient (Wildman–Crippen LogP) is 0.896. The van der Waals surface area contributed by atoms with Crippen LogP contribution in [0.3, 0.4) is 0 Å². The Morgan fingerprint density at radius 3 is 2.36 bits per heavy atom. The van der Waals surface area contributed by atoms with Crippen LogP contribution in [0.2, 0.25) is 0 Å². The molecule has 1 aliphatic rings. The molecule has 0 bridgehead atoms. The molecule has 10 heteroatoms. The summed E-state index contributed by atoms with van der Waals surface area (Å²) >= 11 is 0. The quantitative estimate of drug-likeness (QED) is 0.722. The van der Waals surface area contributed by atoms with Crippen molar-refractivity contribution in [3.63, 3.8) is 0 Å². The smallest absolute Gasteiger partial charge is 0.361 e. The summed E-state index contributed by atoms with van der Waals surface area (Å²) in [5, 5.41) is 0. The fraction of sp³-hybridized carbons (Fsp3) is 0.667. The van der Waals surface area contributed by atoms with Crippen molar-refractivity contribution in [2.24, 2.45) is 5.73 Å². The van der Waals surface area contributed by atoms with Gasteiger partial charge >= 0.3 is 6.18 Å². The highest BCUT2D eigenvalue weighted by atomic mass is 19.4. The number of anilines is 1. The Morgan fingerprint density at radius 2 is 1.88 bits per heavy atom. The predicted molar refractivity (Wildman–Crippen MR) is 84.9 cm³/mol. The maximum atomic E-state index is 12.6. The molecule has 0 saturated carbocycles. The molecule has 1 aromatic heterocycles. The van der Waals surface area contributed by atoms with Gasteiger partial charge in [-0.25, -0.2) is 9.97 Å². The van der Waals surface area contributed by atoms with E-state index < -0.39 is 11.7 Å². The zero-order chi connectivity index (χ0) is 18.4. The second-order valence-electron chi connectivity index (χ2n) is 5.96. The average Bonchev–Trinajstić information content (AvgIpc) is 2.58. The van der Waals surface area contributed by atoms with Gasteiger partial charge in [-0.15, -0.1) is 0 Å². The number of ether oxygens (including phenoxy) is 1. The zero-order valence-corrected chi connectivity index (χ0v) is 13.9. The fourth-order valence-electron chi connectivity index (χ4n) is 2.51. The van der Waals surface area contributed by atoms with Crippen molar-refractivity contribution in [2.75, 3.05) is 37.7 Å². The lowest BCUT2D eigenvalue weighted by Gasteiger charge is -2.38. The van der Waals surface area contributed by atoms with Gasteiger partial charge in [-0.2, -0.15) is 13.2 Å². The Balaban J connectivity index is 1.92. The molecule has 0 radical (unpaired) electrons. The number of aldehydes is 1. The first-order valence-electron chi connectivity index (χ1n) is 8.00. The normalized spacial score (nSPS) is 18.8. The molecule has 0 spiro atoms. The van der Waals surface area contributed by atoms with Crippen LogP contribution in [0.5, 0.6) is 0 Å². The van der Waals surface area contributed by atoms with Crippen LogP contribution in [0.15, 0.2) is 12.4 Å². The highest BCUT2D eigenvalue weighted by Crippen LogP contribution is 2.28. The lowest BCUT2D eigenvalue weighted by atomic mass is 10.2. The van der Waals surface area contributed by atoms with E-state index in [0.717, 1.165) is 18.7 Å². The Bertz CT molecular complexity index is 545. The number of nitrogens with two attached hydrogens (primary N) is 1. The molecule has 7 nitrogen and oxygen atoms in total. The number of carbonyl (C=O) groups is 1. The van der Waals surface area contributed by atoms with E-state index in [1.165, 1.54) is 0 Å². The van der Waals surface area contributed by atoms with Crippen LogP contribution in [0.1, 0.15) is 18.9 Å². The van der Waals surface area contributed by atoms with Crippen LogP contribution in [-0.2, 0) is 15.7 Å². The van der Waals surface area contributed by atoms with E-state index in [1.807, 2.05) is 11.8 Å². The number of alkyl halides is 3. The lowest BCUT2D eigenvalue weighted by Crippen LogP contribution is -2.52. The lowest BCUT2D eigenvalue weighted by molar-refractivity contribution is -0.138. The first-order chi connectivity index (χ1) is 11.8. The van der Waals surface area contributed by atoms with Crippen LogP contribution in [0.25, 0.3) is 0 Å². The van der Waals surface area contributed by atoms with Crippen molar-refractivity contribution >= 4 is 12.2 Å². The van der Waals surface area contributed by atoms with Crippen LogP contribution >= 0.6 is 0 Å². The standard InChI is InChI=1S/C15H22F3N5O2/c1-11(19)10-25-13(2-7-24)22-3-5-23(6-4-22)14-20-8-12(9-21-14)15(16,17)18/h7-9,11,13H,2-6,10,19H2,1H3/t11?,13-/m0/s1. The maximum Gasteiger partial charge on any atom is 0.419 e. The summed E-state index contributed by atoms with van der Waals surface area (Å²) in [4.78, 5) is 22.3. The Labute approximate surface area is 144 Å². The second-order valence-corrected chi connectivity index (χ2v) is 5.96. The number of hydrogen-bond donors (Lipinski definition) is 1. The molecule has 1 unspecified atom stereocenters. The molecule has 2 N–H and O–H groups in total. The van der Waals surface area contributed by atoms with E-state index in [-0.39, 0.29) is 24.6 Å². The van der Waals surface area contributed by atoms with Crippen molar-refractivity contribution in [3.05, 3.63) is 18.0 Å². The third-order valence-corrected chi connectivity index (χ3v) is 3.82. The summed E-state index contributed by atoms with van der Waals surface area (Å²) in [6, 6.07) is -0.129. The molecule has 2 rings (SSSR count). The highest BCUT2D eigenvalue weighted by molar-refractivity contribution is 5.50. The molecule has 140 valence electrons. The zero-order valence-electron chi connectivity index (χ0n) is 13.9. The van der Waals surface area contributed by atoms with Gasteiger partial charge in [0, 0.05) is 51.0 Å². The summed E-state index contributed by atoms with van der Waals surface area (Å²) in [6.07, 6.45) is -2.18. The van der Waals surface area contributed by atoms with Gasteiger partial charge in [-0.3, -0.25) is 4.90 Å². The number of halogens is 3. The minimum atomic E-state index is -4.45. The Morgan fingerprint density at radius 1 is 1.28 bits per heavy atom. The van der Waals surface area contributed by atoms with Gasteiger partial charge in [0.15, 0.2) is 0 Å². The summed E-state index contributed by atoms with van der Waals surface area (Å²) in [7, 11) is 0. The molecule has 1 fully saturated rings. The fourth-order valence-corrected chi connectivity index (χ4v) is 2.51. The third-order valence-electron chi connectivity index (χ3n) is 3.82. The molecular formula is C15H22F3N5O2. The van der Waals surface area contributed by atoms with Crippen LogP contribution in [-0.4, -0.2) is 66.2 Å². The Kier molecular flexibility index (Phi) is 6.68. The molecule has 1 aromatic rings. The van der Waals surface area contributed by atoms with Gasteiger partial charge in [0.2, 0.25) is 5.95 Å². The Hall–Kier alpha value is -1.78. The molecule has 0 aromatic carbocycles. The summed E-state index contributed by atoms with van der Waals surface area (Å²) in [6.45, 7) is 4.40. The summed E-state index contributed by atoms with van der Waals surface area (Å²) < 4.78 is 43.3. The number of carbonyl (C=O) groups excluding carboxylic acids is 1. The third kappa shape index (κ3) is 5.62. The molecule has 2 heterocycles. The van der Waals surface area contributed by atoms with E-state index in [2.05, 4.69) is 9.97 Å². The summed E-state index contributed by atoms with van der Waals surface area (Å²) in [5.41, 5.74) is 4.80. The van der Waals surface area contributed by atoms with Crippen molar-refractivity contribution in [2.45, 2.75) is 31.8 Å². The van der Waals surface area contributed by atoms with Gasteiger partial charge < -0.3 is 20.2 Å². The minimum absolute atomic E-state index is 0.129. The van der Waals surface area contributed by atoms with Crippen molar-refractivity contribution in [1.29, 1.82) is 0 Å². The average molecular weight is 361 g/mol. The van der Waals surface area contributed by atoms with E-state index in [1.54, 1.807) is 4.90 Å². The van der Waals surface area contributed by atoms with Crippen molar-refractivity contribution < 1.29 is 22.7 Å². The molecule has 1 saturated heterocycles. The molecule has 0 aliphatic carbocycles. The van der Waals surface area contributed by atoms with E-state index >= 15 is 0 Å². The van der Waals surface area contributed by atoms with Crippen molar-refractivity contribution in [1.82, 2.24) is 14.9 Å². The van der Waals surface area contributed by atoms with Gasteiger partial charge in [-0.1, -0.05) is 0 Å².